The summed E-state index contributed by atoms with van der Waals surface area (Å²) in [5, 5.41) is 8.70. The van der Waals surface area contributed by atoms with Crippen LogP contribution in [0, 0.1) is 0 Å². The van der Waals surface area contributed by atoms with E-state index in [0.717, 1.165) is 25.7 Å². The minimum atomic E-state index is -0.243. The average molecular weight is 324 g/mol. The molecule has 0 fully saturated rings. The molecule has 0 heterocycles. The third-order valence-corrected chi connectivity index (χ3v) is 2.68. The Morgan fingerprint density at radius 2 is 1.89 bits per heavy atom. The van der Waals surface area contributed by atoms with Crippen molar-refractivity contribution in [1.29, 1.82) is 0 Å². The highest BCUT2D eigenvalue weighted by Gasteiger charge is 2.22. The first-order chi connectivity index (χ1) is 8.40. The number of amides is 1. The van der Waals surface area contributed by atoms with Gasteiger partial charge in [-0.3, -0.25) is 0 Å². The van der Waals surface area contributed by atoms with Crippen LogP contribution in [0.5, 0.6) is 0 Å². The second-order valence-corrected chi connectivity index (χ2v) is 7.12. The van der Waals surface area contributed by atoms with E-state index in [1.165, 1.54) is 0 Å². The number of hydrogen-bond donors (Lipinski definition) is 1. The molecule has 0 aromatic rings. The maximum absolute atomic E-state index is 11.8. The largest absolute Gasteiger partial charge is 0.450 e. The predicted molar refractivity (Wildman–Crippen MR) is 77.2 cm³/mol. The van der Waals surface area contributed by atoms with Gasteiger partial charge in [0.25, 0.3) is 0 Å². The smallest absolute Gasteiger partial charge is 0.409 e. The Morgan fingerprint density at radius 1 is 1.28 bits per heavy atom. The van der Waals surface area contributed by atoms with E-state index in [2.05, 4.69) is 15.9 Å². The van der Waals surface area contributed by atoms with Crippen LogP contribution in [0.1, 0.15) is 46.5 Å². The van der Waals surface area contributed by atoms with Gasteiger partial charge in [-0.1, -0.05) is 28.8 Å². The molecule has 0 radical (unpaired) electrons. The summed E-state index contributed by atoms with van der Waals surface area (Å²) in [5.41, 5.74) is 0. The summed E-state index contributed by atoms with van der Waals surface area (Å²) in [6, 6.07) is 0. The number of nitrogens with zero attached hydrogens (tertiary/aromatic N) is 1. The maximum atomic E-state index is 11.8. The number of aliphatic hydroxyl groups excluding tert-OH is 1. The number of carbonyl (C=O) groups is 1. The molecule has 0 bridgehead atoms. The lowest BCUT2D eigenvalue weighted by molar-refractivity contribution is 0.104. The van der Waals surface area contributed by atoms with Crippen LogP contribution in [-0.2, 0) is 4.74 Å². The zero-order chi connectivity index (χ0) is 14.0. The van der Waals surface area contributed by atoms with E-state index in [4.69, 9.17) is 9.84 Å². The van der Waals surface area contributed by atoms with Crippen LogP contribution in [0.15, 0.2) is 0 Å². The van der Waals surface area contributed by atoms with Crippen LogP contribution in [-0.4, -0.2) is 46.7 Å². The van der Waals surface area contributed by atoms with E-state index in [9.17, 15) is 4.79 Å². The molecule has 108 valence electrons. The van der Waals surface area contributed by atoms with Gasteiger partial charge in [0.15, 0.2) is 0 Å². The Morgan fingerprint density at radius 3 is 2.39 bits per heavy atom. The Hall–Kier alpha value is -0.290. The van der Waals surface area contributed by atoms with Crippen molar-refractivity contribution < 1.29 is 14.6 Å². The van der Waals surface area contributed by atoms with Gasteiger partial charge in [-0.2, -0.15) is 0 Å². The van der Waals surface area contributed by atoms with Crippen LogP contribution >= 0.6 is 15.9 Å². The highest BCUT2D eigenvalue weighted by Crippen LogP contribution is 2.18. The van der Waals surface area contributed by atoms with Crippen molar-refractivity contribution in [3.8, 4) is 0 Å². The van der Waals surface area contributed by atoms with Crippen molar-refractivity contribution in [2.24, 2.45) is 0 Å². The van der Waals surface area contributed by atoms with Crippen molar-refractivity contribution in [1.82, 2.24) is 4.90 Å². The molecule has 0 aromatic carbocycles. The first-order valence-electron chi connectivity index (χ1n) is 6.62. The standard InChI is InChI=1S/C13H26BrNO3/c1-4-18-12(17)15(11-13(2,3)14)9-7-5-6-8-10-16/h16H,4-11H2,1-3H3. The molecule has 0 aliphatic heterocycles. The third kappa shape index (κ3) is 9.71. The molecule has 1 amide bonds. The number of aliphatic hydroxyl groups is 1. The second-order valence-electron chi connectivity index (χ2n) is 4.98. The van der Waals surface area contributed by atoms with Crippen molar-refractivity contribution in [3.05, 3.63) is 0 Å². The first-order valence-corrected chi connectivity index (χ1v) is 7.41. The summed E-state index contributed by atoms with van der Waals surface area (Å²) in [6.07, 6.45) is 3.57. The molecule has 0 saturated carbocycles. The molecular weight excluding hydrogens is 298 g/mol. The Labute approximate surface area is 119 Å². The van der Waals surface area contributed by atoms with E-state index in [1.807, 2.05) is 20.8 Å². The lowest BCUT2D eigenvalue weighted by Gasteiger charge is -2.28. The summed E-state index contributed by atoms with van der Waals surface area (Å²) in [7, 11) is 0. The summed E-state index contributed by atoms with van der Waals surface area (Å²) in [6.45, 7) is 7.87. The van der Waals surface area contributed by atoms with Crippen molar-refractivity contribution in [3.63, 3.8) is 0 Å². The summed E-state index contributed by atoms with van der Waals surface area (Å²) < 4.78 is 4.95. The Kier molecular flexibility index (Phi) is 9.46. The molecular formula is C13H26BrNO3. The summed E-state index contributed by atoms with van der Waals surface area (Å²) >= 11 is 3.55. The number of halogens is 1. The number of rotatable bonds is 9. The molecule has 4 nitrogen and oxygen atoms in total. The molecule has 5 heteroatoms. The molecule has 0 aliphatic rings. The van der Waals surface area contributed by atoms with Crippen LogP contribution in [0.4, 0.5) is 4.79 Å². The van der Waals surface area contributed by atoms with Crippen molar-refractivity contribution in [2.45, 2.75) is 50.8 Å². The predicted octanol–water partition coefficient (Wildman–Crippen LogP) is 3.17. The van der Waals surface area contributed by atoms with E-state index in [1.54, 1.807) is 4.90 Å². The van der Waals surface area contributed by atoms with Gasteiger partial charge in [0.05, 0.1) is 6.61 Å². The van der Waals surface area contributed by atoms with Gasteiger partial charge in [-0.15, -0.1) is 0 Å². The van der Waals surface area contributed by atoms with Crippen molar-refractivity contribution >= 4 is 22.0 Å². The number of hydrogen-bond acceptors (Lipinski definition) is 3. The van der Waals surface area contributed by atoms with Gasteiger partial charge in [-0.25, -0.2) is 4.79 Å². The van der Waals surface area contributed by atoms with Crippen molar-refractivity contribution in [2.75, 3.05) is 26.3 Å². The molecule has 18 heavy (non-hydrogen) atoms. The minimum Gasteiger partial charge on any atom is -0.450 e. The lowest BCUT2D eigenvalue weighted by Crippen LogP contribution is -2.40. The van der Waals surface area contributed by atoms with E-state index in [-0.39, 0.29) is 17.0 Å². The van der Waals surface area contributed by atoms with E-state index >= 15 is 0 Å². The number of carbonyl (C=O) groups excluding carboxylic acids is 1. The first kappa shape index (κ1) is 17.7. The molecule has 0 rings (SSSR count). The number of alkyl halides is 1. The normalized spacial score (nSPS) is 11.4. The Balaban J connectivity index is 4.09. The van der Waals surface area contributed by atoms with E-state index in [0.29, 0.717) is 19.7 Å². The molecule has 0 atom stereocenters. The van der Waals surface area contributed by atoms with E-state index < -0.39 is 0 Å². The van der Waals surface area contributed by atoms with Gasteiger partial charge in [0.1, 0.15) is 0 Å². The maximum Gasteiger partial charge on any atom is 0.409 e. The quantitative estimate of drug-likeness (QED) is 0.523. The molecule has 0 saturated heterocycles. The topological polar surface area (TPSA) is 49.8 Å². The molecule has 0 aliphatic carbocycles. The minimum absolute atomic E-state index is 0.106. The number of ether oxygens (including phenoxy) is 1. The van der Waals surface area contributed by atoms with Gasteiger partial charge in [0.2, 0.25) is 0 Å². The molecule has 0 spiro atoms. The molecule has 0 aromatic heterocycles. The van der Waals surface area contributed by atoms with Crippen LogP contribution in [0.3, 0.4) is 0 Å². The zero-order valence-corrected chi connectivity index (χ0v) is 13.3. The summed E-state index contributed by atoms with van der Waals surface area (Å²) in [5.74, 6) is 0. The molecule has 1 N–H and O–H groups in total. The Bertz CT molecular complexity index is 229. The van der Waals surface area contributed by atoms with Gasteiger partial charge < -0.3 is 14.7 Å². The highest BCUT2D eigenvalue weighted by atomic mass is 79.9. The molecule has 0 unspecified atom stereocenters. The van der Waals surface area contributed by atoms with Gasteiger partial charge >= 0.3 is 6.09 Å². The van der Waals surface area contributed by atoms with Gasteiger partial charge in [-0.05, 0) is 33.6 Å². The average Bonchev–Trinajstić information content (AvgIpc) is 2.26. The fourth-order valence-corrected chi connectivity index (χ4v) is 1.97. The fourth-order valence-electron chi connectivity index (χ4n) is 1.67. The van der Waals surface area contributed by atoms with Crippen LogP contribution < -0.4 is 0 Å². The zero-order valence-electron chi connectivity index (χ0n) is 11.7. The second kappa shape index (κ2) is 9.62. The van der Waals surface area contributed by atoms with Crippen LogP contribution in [0.2, 0.25) is 0 Å². The van der Waals surface area contributed by atoms with Gasteiger partial charge in [0, 0.05) is 24.0 Å². The fraction of sp³-hybridized carbons (Fsp3) is 0.923. The highest BCUT2D eigenvalue weighted by molar-refractivity contribution is 9.10. The number of unbranched alkanes of at least 4 members (excludes halogenated alkanes) is 3. The van der Waals surface area contributed by atoms with Crippen LogP contribution in [0.25, 0.3) is 0 Å². The summed E-state index contributed by atoms with van der Waals surface area (Å²) in [4.78, 5) is 13.5. The SMILES string of the molecule is CCOC(=O)N(CCCCCCO)CC(C)(C)Br. The third-order valence-electron chi connectivity index (χ3n) is 2.43. The lowest BCUT2D eigenvalue weighted by atomic mass is 10.1. The monoisotopic (exact) mass is 323 g/mol.